The molecule has 1 aromatic carbocycles. The molecule has 0 bridgehead atoms. The van der Waals surface area contributed by atoms with Gasteiger partial charge in [-0.25, -0.2) is 0 Å². The van der Waals surface area contributed by atoms with Crippen LogP contribution in [0.1, 0.15) is 6.92 Å². The van der Waals surface area contributed by atoms with E-state index in [1.165, 1.54) is 10.7 Å². The molecule has 0 radical (unpaired) electrons. The first-order valence-electron chi connectivity index (χ1n) is 3.92. The van der Waals surface area contributed by atoms with E-state index in [9.17, 15) is 0 Å². The molecule has 0 fully saturated rings. The van der Waals surface area contributed by atoms with Crippen LogP contribution in [-0.4, -0.2) is 22.9 Å². The third-order valence-corrected chi connectivity index (χ3v) is 2.78. The lowest BCUT2D eigenvalue weighted by molar-refractivity contribution is -0.402. The van der Waals surface area contributed by atoms with Crippen molar-refractivity contribution in [3.05, 3.63) is 30.3 Å². The molecule has 0 spiro atoms. The average Bonchev–Trinajstić information content (AvgIpc) is 2.17. The molecule has 1 nitrogen and oxygen atoms in total. The van der Waals surface area contributed by atoms with Gasteiger partial charge in [0, 0.05) is 19.1 Å². The van der Waals surface area contributed by atoms with Crippen molar-refractivity contribution in [2.45, 2.75) is 6.92 Å². The van der Waals surface area contributed by atoms with Crippen LogP contribution in [0.2, 0.25) is 0 Å². The first-order valence-corrected chi connectivity index (χ1v) is 5.14. The predicted octanol–water partition coefficient (Wildman–Crippen LogP) is 2.74. The summed E-state index contributed by atoms with van der Waals surface area (Å²) in [5, 5.41) is 1.31. The Labute approximate surface area is 78.1 Å². The minimum atomic E-state index is 1.24. The van der Waals surface area contributed by atoms with E-state index in [1.807, 2.05) is 6.07 Å². The van der Waals surface area contributed by atoms with Gasteiger partial charge in [0.05, 0.1) is 0 Å². The van der Waals surface area contributed by atoms with Crippen LogP contribution in [0.15, 0.2) is 30.3 Å². The normalized spacial score (nSPS) is 12.6. The summed E-state index contributed by atoms with van der Waals surface area (Å²) in [4.78, 5) is 0. The summed E-state index contributed by atoms with van der Waals surface area (Å²) in [5.74, 6) is 0. The maximum atomic E-state index is 2.19. The molecule has 0 atom stereocenters. The second kappa shape index (κ2) is 4.31. The van der Waals surface area contributed by atoms with Gasteiger partial charge in [0.15, 0.2) is 0 Å². The second-order valence-corrected chi connectivity index (χ2v) is 3.62. The Kier molecular flexibility index (Phi) is 3.35. The molecule has 0 saturated carbocycles. The van der Waals surface area contributed by atoms with Gasteiger partial charge in [0.1, 0.15) is 7.05 Å². The van der Waals surface area contributed by atoms with Gasteiger partial charge in [-0.15, -0.1) is 0 Å². The van der Waals surface area contributed by atoms with Crippen molar-refractivity contribution in [2.24, 2.45) is 0 Å². The molecule has 2 heteroatoms. The summed E-state index contributed by atoms with van der Waals surface area (Å²) < 4.78 is 2.19. The minimum absolute atomic E-state index is 1.24. The standard InChI is InChI=1S/C10H14NS/c1-9(12-3)11(2)10-7-5-4-6-8-10/h4-8H,1-3H3/q+1. The largest absolute Gasteiger partial charge is 0.212 e. The summed E-state index contributed by atoms with van der Waals surface area (Å²) in [6, 6.07) is 10.4. The fourth-order valence-electron chi connectivity index (χ4n) is 0.970. The molecular formula is C10H14NS+. The van der Waals surface area contributed by atoms with Crippen molar-refractivity contribution in [2.75, 3.05) is 13.3 Å². The first kappa shape index (κ1) is 9.33. The lowest BCUT2D eigenvalue weighted by Crippen LogP contribution is -2.04. The summed E-state index contributed by atoms with van der Waals surface area (Å²) in [7, 11) is 2.08. The highest BCUT2D eigenvalue weighted by atomic mass is 32.2. The molecule has 0 unspecified atom stereocenters. The zero-order valence-corrected chi connectivity index (χ0v) is 8.56. The van der Waals surface area contributed by atoms with Crippen LogP contribution in [0.5, 0.6) is 0 Å². The molecule has 0 amide bonds. The highest BCUT2D eigenvalue weighted by Crippen LogP contribution is 2.11. The van der Waals surface area contributed by atoms with Gasteiger partial charge in [-0.1, -0.05) is 30.0 Å². The molecule has 64 valence electrons. The number of benzene rings is 1. The number of hydrogen-bond acceptors (Lipinski definition) is 1. The average molecular weight is 180 g/mol. The third kappa shape index (κ3) is 2.11. The van der Waals surface area contributed by atoms with Gasteiger partial charge in [-0.3, -0.25) is 0 Å². The fraction of sp³-hybridized carbons (Fsp3) is 0.300. The highest BCUT2D eigenvalue weighted by Gasteiger charge is 2.05. The zero-order valence-electron chi connectivity index (χ0n) is 7.74. The Morgan fingerprint density at radius 1 is 1.25 bits per heavy atom. The minimum Gasteiger partial charge on any atom is -0.193 e. The number of thioether (sulfide) groups is 1. The van der Waals surface area contributed by atoms with Gasteiger partial charge in [0.2, 0.25) is 10.7 Å². The maximum Gasteiger partial charge on any atom is 0.212 e. The van der Waals surface area contributed by atoms with E-state index in [4.69, 9.17) is 0 Å². The van der Waals surface area contributed by atoms with E-state index in [-0.39, 0.29) is 0 Å². The van der Waals surface area contributed by atoms with Crippen LogP contribution >= 0.6 is 11.8 Å². The Morgan fingerprint density at radius 3 is 2.33 bits per heavy atom. The third-order valence-electron chi connectivity index (χ3n) is 1.91. The van der Waals surface area contributed by atoms with E-state index >= 15 is 0 Å². The molecular weight excluding hydrogens is 166 g/mol. The quantitative estimate of drug-likeness (QED) is 0.365. The molecule has 0 N–H and O–H groups in total. The Hall–Kier alpha value is -0.760. The lowest BCUT2D eigenvalue weighted by atomic mass is 10.3. The number of rotatable bonds is 1. The first-order chi connectivity index (χ1) is 5.75. The van der Waals surface area contributed by atoms with Crippen molar-refractivity contribution in [3.8, 4) is 0 Å². The molecule has 12 heavy (non-hydrogen) atoms. The van der Waals surface area contributed by atoms with Gasteiger partial charge < -0.3 is 0 Å². The molecule has 0 aliphatic heterocycles. The topological polar surface area (TPSA) is 3.01 Å². The summed E-state index contributed by atoms with van der Waals surface area (Å²) in [5.41, 5.74) is 1.24. The van der Waals surface area contributed by atoms with E-state index in [0.29, 0.717) is 0 Å². The predicted molar refractivity (Wildman–Crippen MR) is 56.5 cm³/mol. The van der Waals surface area contributed by atoms with Crippen molar-refractivity contribution in [1.29, 1.82) is 0 Å². The summed E-state index contributed by atoms with van der Waals surface area (Å²) >= 11 is 1.77. The van der Waals surface area contributed by atoms with Crippen LogP contribution in [-0.2, 0) is 0 Å². The molecule has 1 rings (SSSR count). The Bertz CT molecular complexity index is 277. The highest BCUT2D eigenvalue weighted by molar-refractivity contribution is 8.13. The molecule has 0 saturated heterocycles. The maximum absolute atomic E-state index is 2.19. The van der Waals surface area contributed by atoms with Gasteiger partial charge >= 0.3 is 0 Å². The van der Waals surface area contributed by atoms with E-state index < -0.39 is 0 Å². The monoisotopic (exact) mass is 180 g/mol. The van der Waals surface area contributed by atoms with Crippen molar-refractivity contribution < 1.29 is 4.58 Å². The van der Waals surface area contributed by atoms with Gasteiger partial charge in [-0.05, 0) is 6.26 Å². The SMILES string of the molecule is CSC(C)=[N+](C)c1ccccc1. The molecule has 0 aromatic heterocycles. The summed E-state index contributed by atoms with van der Waals surface area (Å²) in [6.45, 7) is 2.12. The smallest absolute Gasteiger partial charge is 0.193 e. The number of para-hydroxylation sites is 1. The van der Waals surface area contributed by atoms with Crippen LogP contribution in [0.25, 0.3) is 0 Å². The van der Waals surface area contributed by atoms with Crippen molar-refractivity contribution >= 4 is 22.5 Å². The Morgan fingerprint density at radius 2 is 1.83 bits per heavy atom. The lowest BCUT2D eigenvalue weighted by Gasteiger charge is -1.97. The van der Waals surface area contributed by atoms with Crippen molar-refractivity contribution in [1.82, 2.24) is 0 Å². The molecule has 0 aliphatic carbocycles. The van der Waals surface area contributed by atoms with E-state index in [0.717, 1.165) is 0 Å². The van der Waals surface area contributed by atoms with E-state index in [2.05, 4.69) is 49.1 Å². The zero-order chi connectivity index (χ0) is 8.97. The van der Waals surface area contributed by atoms with Crippen LogP contribution in [0.4, 0.5) is 5.69 Å². The molecule has 0 aliphatic rings. The number of hydrogen-bond donors (Lipinski definition) is 0. The molecule has 0 heterocycles. The summed E-state index contributed by atoms with van der Waals surface area (Å²) in [6.07, 6.45) is 2.09. The Balaban J connectivity index is 3.00. The number of nitrogens with zero attached hydrogens (tertiary/aromatic N) is 1. The van der Waals surface area contributed by atoms with Crippen LogP contribution < -0.4 is 0 Å². The fourth-order valence-corrected chi connectivity index (χ4v) is 1.35. The molecule has 1 aromatic rings. The van der Waals surface area contributed by atoms with Crippen molar-refractivity contribution in [3.63, 3.8) is 0 Å². The second-order valence-electron chi connectivity index (χ2n) is 2.62. The van der Waals surface area contributed by atoms with Crippen LogP contribution in [0.3, 0.4) is 0 Å². The van der Waals surface area contributed by atoms with Gasteiger partial charge in [0.25, 0.3) is 0 Å². The van der Waals surface area contributed by atoms with E-state index in [1.54, 1.807) is 11.8 Å². The van der Waals surface area contributed by atoms with Crippen LogP contribution in [0, 0.1) is 0 Å². The van der Waals surface area contributed by atoms with Gasteiger partial charge in [-0.2, -0.15) is 4.58 Å².